The Balaban J connectivity index is 1.54. The third-order valence-corrected chi connectivity index (χ3v) is 4.38. The van der Waals surface area contributed by atoms with Crippen molar-refractivity contribution in [1.29, 1.82) is 0 Å². The Morgan fingerprint density at radius 2 is 1.96 bits per heavy atom. The van der Waals surface area contributed by atoms with Crippen LogP contribution in [0.15, 0.2) is 18.2 Å². The highest BCUT2D eigenvalue weighted by Gasteiger charge is 2.19. The van der Waals surface area contributed by atoms with Crippen LogP contribution in [0.25, 0.3) is 0 Å². The maximum absolute atomic E-state index is 13.5. The van der Waals surface area contributed by atoms with Crippen molar-refractivity contribution in [3.05, 3.63) is 24.0 Å². The van der Waals surface area contributed by atoms with Crippen molar-refractivity contribution in [2.24, 2.45) is 0 Å². The van der Waals surface area contributed by atoms with Gasteiger partial charge in [-0.25, -0.2) is 4.39 Å². The second kappa shape index (κ2) is 8.44. The first-order chi connectivity index (χ1) is 11.7. The van der Waals surface area contributed by atoms with Crippen LogP contribution in [-0.4, -0.2) is 37.9 Å². The Labute approximate surface area is 141 Å². The average Bonchev–Trinajstić information content (AvgIpc) is 3.26. The third kappa shape index (κ3) is 4.92. The van der Waals surface area contributed by atoms with Crippen molar-refractivity contribution >= 4 is 11.6 Å². The van der Waals surface area contributed by atoms with E-state index < -0.39 is 5.82 Å². The summed E-state index contributed by atoms with van der Waals surface area (Å²) in [6, 6.07) is 4.15. The number of nitrogens with one attached hydrogen (secondary N) is 1. The number of carbonyl (C=O) groups excluding carboxylic acids is 1. The lowest BCUT2D eigenvalue weighted by molar-refractivity contribution is -0.116. The van der Waals surface area contributed by atoms with E-state index in [4.69, 9.17) is 14.2 Å². The fourth-order valence-corrected chi connectivity index (χ4v) is 3.06. The van der Waals surface area contributed by atoms with Crippen molar-refractivity contribution < 1.29 is 23.4 Å². The quantitative estimate of drug-likeness (QED) is 0.829. The SMILES string of the molecule is O=C(CC[C@@H]1CCCO1)Nc1cc(F)ccc1OC[C@H]1CCCO1. The van der Waals surface area contributed by atoms with Crippen LogP contribution in [0.1, 0.15) is 38.5 Å². The van der Waals surface area contributed by atoms with Crippen molar-refractivity contribution in [2.45, 2.75) is 50.7 Å². The van der Waals surface area contributed by atoms with Crippen LogP contribution in [0.2, 0.25) is 0 Å². The summed E-state index contributed by atoms with van der Waals surface area (Å²) in [4.78, 5) is 12.1. The zero-order valence-electron chi connectivity index (χ0n) is 13.8. The molecule has 24 heavy (non-hydrogen) atoms. The molecule has 0 unspecified atom stereocenters. The van der Waals surface area contributed by atoms with Crippen LogP contribution < -0.4 is 10.1 Å². The van der Waals surface area contributed by atoms with E-state index in [0.29, 0.717) is 30.9 Å². The van der Waals surface area contributed by atoms with Gasteiger partial charge >= 0.3 is 0 Å². The van der Waals surface area contributed by atoms with E-state index in [1.54, 1.807) is 6.07 Å². The van der Waals surface area contributed by atoms with Crippen molar-refractivity contribution in [2.75, 3.05) is 25.1 Å². The Morgan fingerprint density at radius 1 is 1.21 bits per heavy atom. The molecule has 5 nitrogen and oxygen atoms in total. The molecule has 2 heterocycles. The molecule has 2 fully saturated rings. The van der Waals surface area contributed by atoms with E-state index in [1.807, 2.05) is 0 Å². The molecule has 1 N–H and O–H groups in total. The zero-order valence-corrected chi connectivity index (χ0v) is 13.8. The summed E-state index contributed by atoms with van der Waals surface area (Å²) >= 11 is 0. The van der Waals surface area contributed by atoms with Gasteiger partial charge in [0.1, 0.15) is 18.2 Å². The molecule has 0 saturated carbocycles. The number of rotatable bonds is 7. The number of carbonyl (C=O) groups is 1. The lowest BCUT2D eigenvalue weighted by Gasteiger charge is -2.16. The minimum Gasteiger partial charge on any atom is -0.489 e. The van der Waals surface area contributed by atoms with E-state index in [-0.39, 0.29) is 18.1 Å². The topological polar surface area (TPSA) is 56.8 Å². The summed E-state index contributed by atoms with van der Waals surface area (Å²) in [6.45, 7) is 1.94. The minimum absolute atomic E-state index is 0.0677. The second-order valence-corrected chi connectivity index (χ2v) is 6.31. The normalized spacial score (nSPS) is 23.4. The molecular weight excluding hydrogens is 313 g/mol. The van der Waals surface area contributed by atoms with Gasteiger partial charge in [-0.2, -0.15) is 0 Å². The molecule has 1 aromatic rings. The lowest BCUT2D eigenvalue weighted by Crippen LogP contribution is -2.19. The number of benzene rings is 1. The molecule has 0 aromatic heterocycles. The van der Waals surface area contributed by atoms with Crippen LogP contribution in [0, 0.1) is 5.82 Å². The van der Waals surface area contributed by atoms with Crippen LogP contribution in [0.3, 0.4) is 0 Å². The molecule has 1 amide bonds. The fraction of sp³-hybridized carbons (Fsp3) is 0.611. The number of amides is 1. The smallest absolute Gasteiger partial charge is 0.224 e. The minimum atomic E-state index is -0.408. The Bertz CT molecular complexity index is 554. The molecule has 132 valence electrons. The average molecular weight is 337 g/mol. The van der Waals surface area contributed by atoms with E-state index in [1.165, 1.54) is 12.1 Å². The van der Waals surface area contributed by atoms with Gasteiger partial charge in [-0.05, 0) is 44.2 Å². The molecular formula is C18H24FNO4. The Hall–Kier alpha value is -1.66. The summed E-state index contributed by atoms with van der Waals surface area (Å²) < 4.78 is 30.3. The van der Waals surface area contributed by atoms with Gasteiger partial charge in [0, 0.05) is 25.7 Å². The molecule has 2 saturated heterocycles. The molecule has 2 aliphatic rings. The highest BCUT2D eigenvalue weighted by atomic mass is 19.1. The molecule has 2 aliphatic heterocycles. The van der Waals surface area contributed by atoms with Crippen LogP contribution in [0.4, 0.5) is 10.1 Å². The molecule has 0 spiro atoms. The summed E-state index contributed by atoms with van der Waals surface area (Å²) in [6.07, 6.45) is 5.32. The predicted octanol–water partition coefficient (Wildman–Crippen LogP) is 3.28. The number of hydrogen-bond acceptors (Lipinski definition) is 4. The molecule has 1 aromatic carbocycles. The van der Waals surface area contributed by atoms with Crippen LogP contribution in [0.5, 0.6) is 5.75 Å². The molecule has 6 heteroatoms. The second-order valence-electron chi connectivity index (χ2n) is 6.31. The van der Waals surface area contributed by atoms with E-state index >= 15 is 0 Å². The first-order valence-electron chi connectivity index (χ1n) is 8.66. The maximum atomic E-state index is 13.5. The van der Waals surface area contributed by atoms with E-state index in [0.717, 1.165) is 38.9 Å². The van der Waals surface area contributed by atoms with Crippen molar-refractivity contribution in [3.63, 3.8) is 0 Å². The molecule has 3 rings (SSSR count). The van der Waals surface area contributed by atoms with Gasteiger partial charge in [0.15, 0.2) is 0 Å². The third-order valence-electron chi connectivity index (χ3n) is 4.38. The number of halogens is 1. The first-order valence-corrected chi connectivity index (χ1v) is 8.66. The highest BCUT2D eigenvalue weighted by Crippen LogP contribution is 2.27. The molecule has 0 radical (unpaired) electrons. The number of ether oxygens (including phenoxy) is 3. The summed E-state index contributed by atoms with van der Waals surface area (Å²) in [5.74, 6) is -0.0932. The van der Waals surface area contributed by atoms with Gasteiger partial charge in [0.05, 0.1) is 17.9 Å². The zero-order chi connectivity index (χ0) is 16.8. The van der Waals surface area contributed by atoms with Gasteiger partial charge < -0.3 is 19.5 Å². The number of anilines is 1. The van der Waals surface area contributed by atoms with Gasteiger partial charge in [-0.15, -0.1) is 0 Å². The van der Waals surface area contributed by atoms with Crippen LogP contribution >= 0.6 is 0 Å². The van der Waals surface area contributed by atoms with Crippen molar-refractivity contribution in [1.82, 2.24) is 0 Å². The highest BCUT2D eigenvalue weighted by molar-refractivity contribution is 5.92. The van der Waals surface area contributed by atoms with Crippen LogP contribution in [-0.2, 0) is 14.3 Å². The summed E-state index contributed by atoms with van der Waals surface area (Å²) in [5.41, 5.74) is 0.366. The summed E-state index contributed by atoms with van der Waals surface area (Å²) in [7, 11) is 0. The lowest BCUT2D eigenvalue weighted by atomic mass is 10.1. The van der Waals surface area contributed by atoms with Crippen molar-refractivity contribution in [3.8, 4) is 5.75 Å². The summed E-state index contributed by atoms with van der Waals surface area (Å²) in [5, 5.41) is 2.75. The van der Waals surface area contributed by atoms with Gasteiger partial charge in [0.2, 0.25) is 5.91 Å². The monoisotopic (exact) mass is 337 g/mol. The van der Waals surface area contributed by atoms with Gasteiger partial charge in [-0.3, -0.25) is 4.79 Å². The first kappa shape index (κ1) is 17.2. The van der Waals surface area contributed by atoms with Gasteiger partial charge in [0.25, 0.3) is 0 Å². The number of hydrogen-bond donors (Lipinski definition) is 1. The largest absolute Gasteiger partial charge is 0.489 e. The molecule has 0 bridgehead atoms. The standard InChI is InChI=1S/C18H24FNO4/c19-13-5-7-17(24-12-15-4-2-10-23-15)16(11-13)20-18(21)8-6-14-3-1-9-22-14/h5,7,11,14-15H,1-4,6,8-10,12H2,(H,20,21)/t14-,15+/m0/s1. The van der Waals surface area contributed by atoms with E-state index in [2.05, 4.69) is 5.32 Å². The predicted molar refractivity (Wildman–Crippen MR) is 87.7 cm³/mol. The van der Waals surface area contributed by atoms with Gasteiger partial charge in [-0.1, -0.05) is 0 Å². The Morgan fingerprint density at radius 3 is 2.67 bits per heavy atom. The maximum Gasteiger partial charge on any atom is 0.224 e. The molecule has 2 atom stereocenters. The molecule has 0 aliphatic carbocycles. The fourth-order valence-electron chi connectivity index (χ4n) is 3.06. The van der Waals surface area contributed by atoms with E-state index in [9.17, 15) is 9.18 Å². The Kier molecular flexibility index (Phi) is 6.04.